The van der Waals surface area contributed by atoms with Crippen LogP contribution in [0.3, 0.4) is 0 Å². The molecule has 0 radical (unpaired) electrons. The van der Waals surface area contributed by atoms with Gasteiger partial charge in [-0.15, -0.1) is 0 Å². The van der Waals surface area contributed by atoms with Gasteiger partial charge in [0.25, 0.3) is 0 Å². The molecule has 1 aliphatic carbocycles. The number of rotatable bonds is 6. The largest absolute Gasteiger partial charge is 0.487 e. The fourth-order valence-corrected chi connectivity index (χ4v) is 2.66. The second-order valence-electron chi connectivity index (χ2n) is 5.52. The fourth-order valence-electron chi connectivity index (χ4n) is 2.66. The van der Waals surface area contributed by atoms with Crippen molar-refractivity contribution in [3.05, 3.63) is 28.8 Å². The van der Waals surface area contributed by atoms with E-state index in [1.54, 1.807) is 7.11 Å². The van der Waals surface area contributed by atoms with Gasteiger partial charge in [-0.05, 0) is 31.9 Å². The van der Waals surface area contributed by atoms with E-state index in [1.165, 1.54) is 5.56 Å². The minimum absolute atomic E-state index is 0.0815. The van der Waals surface area contributed by atoms with E-state index in [9.17, 15) is 5.11 Å². The zero-order chi connectivity index (χ0) is 14.7. The van der Waals surface area contributed by atoms with Crippen LogP contribution in [0.5, 0.6) is 5.75 Å². The van der Waals surface area contributed by atoms with Crippen LogP contribution in [0.25, 0.3) is 0 Å². The topological polar surface area (TPSA) is 47.9 Å². The molecule has 0 bridgehead atoms. The maximum atomic E-state index is 9.79. The molecule has 0 spiro atoms. The number of hydrogen-bond acceptors (Lipinski definition) is 4. The van der Waals surface area contributed by atoms with Crippen LogP contribution in [-0.2, 0) is 9.47 Å². The third kappa shape index (κ3) is 3.32. The highest BCUT2D eigenvalue weighted by Crippen LogP contribution is 2.33. The van der Waals surface area contributed by atoms with E-state index in [0.29, 0.717) is 19.6 Å². The van der Waals surface area contributed by atoms with Gasteiger partial charge in [-0.1, -0.05) is 17.7 Å². The third-order valence-corrected chi connectivity index (χ3v) is 3.69. The van der Waals surface area contributed by atoms with Gasteiger partial charge in [-0.2, -0.15) is 0 Å². The second-order valence-corrected chi connectivity index (χ2v) is 5.52. The van der Waals surface area contributed by atoms with E-state index in [2.05, 4.69) is 19.1 Å². The molecule has 2 rings (SSSR count). The first-order valence-corrected chi connectivity index (χ1v) is 7.06. The molecule has 112 valence electrons. The standard InChI is InChI=1S/C16H24O4/c1-10-7-11(2)15(12(3)8-10)20-14-9-13(17)16(14)19-6-5-18-4/h7-8,13-14,16-17H,5-6,9H2,1-4H3. The average molecular weight is 280 g/mol. The summed E-state index contributed by atoms with van der Waals surface area (Å²) in [5.74, 6) is 0.910. The molecule has 1 aromatic carbocycles. The molecule has 4 heteroatoms. The van der Waals surface area contributed by atoms with Crippen LogP contribution < -0.4 is 4.74 Å². The maximum absolute atomic E-state index is 9.79. The normalized spacial score (nSPS) is 25.4. The number of methoxy groups -OCH3 is 1. The number of aliphatic hydroxyl groups excluding tert-OH is 1. The SMILES string of the molecule is COCCOC1C(O)CC1Oc1c(C)cc(C)cc1C. The molecule has 3 atom stereocenters. The minimum atomic E-state index is -0.442. The number of aliphatic hydroxyl groups is 1. The molecule has 0 amide bonds. The van der Waals surface area contributed by atoms with Crippen molar-refractivity contribution in [3.8, 4) is 5.75 Å². The molecular weight excluding hydrogens is 256 g/mol. The molecule has 20 heavy (non-hydrogen) atoms. The Morgan fingerprint density at radius 2 is 1.80 bits per heavy atom. The molecule has 1 fully saturated rings. The highest BCUT2D eigenvalue weighted by atomic mass is 16.6. The van der Waals surface area contributed by atoms with Gasteiger partial charge >= 0.3 is 0 Å². The van der Waals surface area contributed by atoms with Crippen molar-refractivity contribution in [1.29, 1.82) is 0 Å². The van der Waals surface area contributed by atoms with Crippen LogP contribution in [0.1, 0.15) is 23.1 Å². The average Bonchev–Trinajstić information content (AvgIpc) is 2.37. The predicted octanol–water partition coefficient (Wildman–Crippen LogP) is 2.16. The third-order valence-electron chi connectivity index (χ3n) is 3.69. The summed E-state index contributed by atoms with van der Waals surface area (Å²) >= 11 is 0. The van der Waals surface area contributed by atoms with Crippen LogP contribution >= 0.6 is 0 Å². The summed E-state index contributed by atoms with van der Waals surface area (Å²) in [5, 5.41) is 9.79. The van der Waals surface area contributed by atoms with Crippen molar-refractivity contribution in [2.24, 2.45) is 0 Å². The van der Waals surface area contributed by atoms with E-state index in [4.69, 9.17) is 14.2 Å². The van der Waals surface area contributed by atoms with Gasteiger partial charge < -0.3 is 19.3 Å². The summed E-state index contributed by atoms with van der Waals surface area (Å²) in [7, 11) is 1.63. The van der Waals surface area contributed by atoms with Gasteiger partial charge in [-0.3, -0.25) is 0 Å². The molecule has 1 aliphatic rings. The van der Waals surface area contributed by atoms with Crippen molar-refractivity contribution < 1.29 is 19.3 Å². The Bertz CT molecular complexity index is 435. The number of hydrogen-bond donors (Lipinski definition) is 1. The van der Waals surface area contributed by atoms with Gasteiger partial charge in [0.05, 0.1) is 19.3 Å². The Labute approximate surface area is 120 Å². The second kappa shape index (κ2) is 6.57. The van der Waals surface area contributed by atoms with Crippen LogP contribution in [0.2, 0.25) is 0 Å². The Morgan fingerprint density at radius 3 is 2.35 bits per heavy atom. The Hall–Kier alpha value is -1.10. The van der Waals surface area contributed by atoms with E-state index >= 15 is 0 Å². The molecule has 4 nitrogen and oxygen atoms in total. The van der Waals surface area contributed by atoms with Gasteiger partial charge in [0.1, 0.15) is 18.0 Å². The van der Waals surface area contributed by atoms with Gasteiger partial charge in [0, 0.05) is 13.5 Å². The molecule has 1 N–H and O–H groups in total. The molecule has 0 aromatic heterocycles. The zero-order valence-electron chi connectivity index (χ0n) is 12.7. The summed E-state index contributed by atoms with van der Waals surface area (Å²) in [6.45, 7) is 7.17. The lowest BCUT2D eigenvalue weighted by Gasteiger charge is -2.41. The highest BCUT2D eigenvalue weighted by Gasteiger charge is 2.43. The lowest BCUT2D eigenvalue weighted by Crippen LogP contribution is -2.55. The lowest BCUT2D eigenvalue weighted by molar-refractivity contribution is -0.167. The first-order valence-electron chi connectivity index (χ1n) is 7.06. The van der Waals surface area contributed by atoms with Crippen molar-refractivity contribution in [3.63, 3.8) is 0 Å². The number of aryl methyl sites for hydroxylation is 3. The molecule has 0 saturated heterocycles. The summed E-state index contributed by atoms with van der Waals surface area (Å²) in [6, 6.07) is 4.22. The van der Waals surface area contributed by atoms with E-state index in [0.717, 1.165) is 16.9 Å². The molecule has 3 unspecified atom stereocenters. The Balaban J connectivity index is 1.99. The van der Waals surface area contributed by atoms with E-state index in [-0.39, 0.29) is 12.2 Å². The molecular formula is C16H24O4. The van der Waals surface area contributed by atoms with Gasteiger partial charge in [-0.25, -0.2) is 0 Å². The minimum Gasteiger partial charge on any atom is -0.487 e. The van der Waals surface area contributed by atoms with Gasteiger partial charge in [0.15, 0.2) is 0 Å². The smallest absolute Gasteiger partial charge is 0.130 e. The van der Waals surface area contributed by atoms with Crippen molar-refractivity contribution in [2.45, 2.75) is 45.5 Å². The van der Waals surface area contributed by atoms with Crippen molar-refractivity contribution in [2.75, 3.05) is 20.3 Å². The van der Waals surface area contributed by atoms with Crippen LogP contribution in [-0.4, -0.2) is 43.7 Å². The number of ether oxygens (including phenoxy) is 3. The summed E-state index contributed by atoms with van der Waals surface area (Å²) in [5.41, 5.74) is 3.48. The molecule has 1 saturated carbocycles. The van der Waals surface area contributed by atoms with Crippen LogP contribution in [0, 0.1) is 20.8 Å². The van der Waals surface area contributed by atoms with Crippen molar-refractivity contribution in [1.82, 2.24) is 0 Å². The quantitative estimate of drug-likeness (QED) is 0.811. The maximum Gasteiger partial charge on any atom is 0.130 e. The van der Waals surface area contributed by atoms with Crippen LogP contribution in [0.4, 0.5) is 0 Å². The van der Waals surface area contributed by atoms with E-state index < -0.39 is 6.10 Å². The Kier molecular flexibility index (Phi) is 5.02. The summed E-state index contributed by atoms with van der Waals surface area (Å²) in [6.07, 6.45) is -0.167. The monoisotopic (exact) mass is 280 g/mol. The predicted molar refractivity (Wildman–Crippen MR) is 77.3 cm³/mol. The highest BCUT2D eigenvalue weighted by molar-refractivity contribution is 5.43. The fraction of sp³-hybridized carbons (Fsp3) is 0.625. The first kappa shape index (κ1) is 15.3. The van der Waals surface area contributed by atoms with E-state index in [1.807, 2.05) is 13.8 Å². The molecule has 0 aliphatic heterocycles. The summed E-state index contributed by atoms with van der Waals surface area (Å²) in [4.78, 5) is 0. The first-order chi connectivity index (χ1) is 9.52. The zero-order valence-corrected chi connectivity index (χ0v) is 12.7. The molecule has 1 aromatic rings. The molecule has 0 heterocycles. The Morgan fingerprint density at radius 1 is 1.15 bits per heavy atom. The summed E-state index contributed by atoms with van der Waals surface area (Å²) < 4.78 is 16.6. The van der Waals surface area contributed by atoms with Crippen molar-refractivity contribution >= 4 is 0 Å². The number of benzene rings is 1. The van der Waals surface area contributed by atoms with Crippen LogP contribution in [0.15, 0.2) is 12.1 Å². The lowest BCUT2D eigenvalue weighted by atomic mass is 9.87. The van der Waals surface area contributed by atoms with Gasteiger partial charge in [0.2, 0.25) is 0 Å².